The maximum Gasteiger partial charge on any atom is 0.109 e. The third-order valence-electron chi connectivity index (χ3n) is 2.94. The summed E-state index contributed by atoms with van der Waals surface area (Å²) in [7, 11) is 0. The van der Waals surface area contributed by atoms with Crippen molar-refractivity contribution in [2.45, 2.75) is 39.2 Å². The van der Waals surface area contributed by atoms with E-state index in [1.165, 1.54) is 11.4 Å². The van der Waals surface area contributed by atoms with Gasteiger partial charge in [-0.1, -0.05) is 13.8 Å². The number of morpholine rings is 1. The van der Waals surface area contributed by atoms with Crippen molar-refractivity contribution in [3.05, 3.63) is 17.2 Å². The van der Waals surface area contributed by atoms with E-state index in [-0.39, 0.29) is 6.10 Å². The topological polar surface area (TPSA) is 49.9 Å². The molecule has 1 aromatic heterocycles. The van der Waals surface area contributed by atoms with E-state index in [1.807, 2.05) is 0 Å². The molecule has 1 fully saturated rings. The van der Waals surface area contributed by atoms with Crippen molar-refractivity contribution in [3.8, 4) is 0 Å². The number of hydrogen-bond donors (Lipinski definition) is 2. The number of ether oxygens (including phenoxy) is 1. The highest BCUT2D eigenvalue weighted by atomic mass is 16.5. The lowest BCUT2D eigenvalue weighted by atomic mass is 10.1. The molecule has 4 nitrogen and oxygen atoms in total. The summed E-state index contributed by atoms with van der Waals surface area (Å²) in [4.78, 5) is 7.99. The van der Waals surface area contributed by atoms with Gasteiger partial charge in [0.1, 0.15) is 5.82 Å². The van der Waals surface area contributed by atoms with E-state index < -0.39 is 0 Å². The first-order valence-electron chi connectivity index (χ1n) is 6.04. The second-order valence-electron chi connectivity index (χ2n) is 4.75. The van der Waals surface area contributed by atoms with E-state index in [9.17, 15) is 0 Å². The largest absolute Gasteiger partial charge is 0.375 e. The highest BCUT2D eigenvalue weighted by Gasteiger charge is 2.17. The molecule has 1 atom stereocenters. The Morgan fingerprint density at radius 3 is 2.88 bits per heavy atom. The van der Waals surface area contributed by atoms with Crippen molar-refractivity contribution >= 4 is 0 Å². The summed E-state index contributed by atoms with van der Waals surface area (Å²) in [5.41, 5.74) is 2.37. The van der Waals surface area contributed by atoms with Crippen LogP contribution in [0.3, 0.4) is 0 Å². The van der Waals surface area contributed by atoms with Crippen molar-refractivity contribution in [2.75, 3.05) is 19.7 Å². The lowest BCUT2D eigenvalue weighted by Gasteiger charge is -2.22. The number of nitrogens with zero attached hydrogens (tertiary/aromatic N) is 1. The molecule has 16 heavy (non-hydrogen) atoms. The van der Waals surface area contributed by atoms with Gasteiger partial charge in [-0.3, -0.25) is 0 Å². The van der Waals surface area contributed by atoms with Crippen LogP contribution in [-0.2, 0) is 11.2 Å². The van der Waals surface area contributed by atoms with Crippen molar-refractivity contribution in [2.24, 2.45) is 0 Å². The van der Waals surface area contributed by atoms with E-state index in [0.717, 1.165) is 31.9 Å². The molecule has 0 saturated carbocycles. The Kier molecular flexibility index (Phi) is 3.61. The fourth-order valence-electron chi connectivity index (χ4n) is 2.16. The molecule has 0 aliphatic carbocycles. The minimum Gasteiger partial charge on any atom is -0.375 e. The van der Waals surface area contributed by atoms with E-state index in [1.54, 1.807) is 0 Å². The highest BCUT2D eigenvalue weighted by molar-refractivity contribution is 5.16. The summed E-state index contributed by atoms with van der Waals surface area (Å²) in [5.74, 6) is 1.53. The average Bonchev–Trinajstić information content (AvgIpc) is 2.61. The highest BCUT2D eigenvalue weighted by Crippen LogP contribution is 2.17. The number of H-pyrrole nitrogens is 1. The minimum atomic E-state index is 0.263. The van der Waals surface area contributed by atoms with Crippen LogP contribution in [-0.4, -0.2) is 35.8 Å². The van der Waals surface area contributed by atoms with Crippen LogP contribution in [0.25, 0.3) is 0 Å². The fourth-order valence-corrected chi connectivity index (χ4v) is 2.16. The molecule has 2 heterocycles. The molecular weight excluding hydrogens is 202 g/mol. The maximum absolute atomic E-state index is 5.67. The van der Waals surface area contributed by atoms with Crippen LogP contribution in [0.1, 0.15) is 37.0 Å². The van der Waals surface area contributed by atoms with Crippen molar-refractivity contribution < 1.29 is 4.74 Å². The van der Waals surface area contributed by atoms with E-state index in [0.29, 0.717) is 5.92 Å². The first-order chi connectivity index (χ1) is 7.66. The smallest absolute Gasteiger partial charge is 0.109 e. The van der Waals surface area contributed by atoms with Crippen LogP contribution < -0.4 is 5.32 Å². The molecule has 1 saturated heterocycles. The van der Waals surface area contributed by atoms with Crippen molar-refractivity contribution in [1.82, 2.24) is 15.3 Å². The number of hydrogen-bond acceptors (Lipinski definition) is 3. The predicted octanol–water partition coefficient (Wildman–Crippen LogP) is 1.37. The molecule has 0 aromatic carbocycles. The van der Waals surface area contributed by atoms with Gasteiger partial charge in [0, 0.05) is 25.2 Å². The summed E-state index contributed by atoms with van der Waals surface area (Å²) in [6.07, 6.45) is 1.14. The van der Waals surface area contributed by atoms with Crippen LogP contribution in [0.2, 0.25) is 0 Å². The van der Waals surface area contributed by atoms with E-state index in [4.69, 9.17) is 4.74 Å². The van der Waals surface area contributed by atoms with Gasteiger partial charge in [-0.25, -0.2) is 4.98 Å². The molecule has 0 amide bonds. The number of aromatic amines is 1. The van der Waals surface area contributed by atoms with Crippen LogP contribution >= 0.6 is 0 Å². The zero-order chi connectivity index (χ0) is 11.5. The Labute approximate surface area is 96.8 Å². The third-order valence-corrected chi connectivity index (χ3v) is 2.94. The standard InChI is InChI=1S/C12H21N3O/c1-8(2)12-9(3)14-11(15-12)6-10-7-13-4-5-16-10/h8,10,13H,4-7H2,1-3H3,(H,14,15). The molecule has 1 aliphatic rings. The van der Waals surface area contributed by atoms with Gasteiger partial charge in [-0.15, -0.1) is 0 Å². The molecule has 2 N–H and O–H groups in total. The van der Waals surface area contributed by atoms with Gasteiger partial charge < -0.3 is 15.0 Å². The van der Waals surface area contributed by atoms with Crippen LogP contribution in [0, 0.1) is 6.92 Å². The first-order valence-corrected chi connectivity index (χ1v) is 6.04. The fraction of sp³-hybridized carbons (Fsp3) is 0.750. The molecular formula is C12H21N3O. The van der Waals surface area contributed by atoms with E-state index in [2.05, 4.69) is 36.1 Å². The number of nitrogens with one attached hydrogen (secondary N) is 2. The maximum atomic E-state index is 5.67. The summed E-state index contributed by atoms with van der Waals surface area (Å²) < 4.78 is 5.67. The Bertz CT molecular complexity index is 340. The first kappa shape index (κ1) is 11.6. The van der Waals surface area contributed by atoms with Gasteiger partial charge in [-0.2, -0.15) is 0 Å². The summed E-state index contributed by atoms with van der Waals surface area (Å²) >= 11 is 0. The van der Waals surface area contributed by atoms with Gasteiger partial charge in [0.15, 0.2) is 0 Å². The van der Waals surface area contributed by atoms with Gasteiger partial charge in [-0.05, 0) is 12.8 Å². The lowest BCUT2D eigenvalue weighted by Crippen LogP contribution is -2.39. The van der Waals surface area contributed by atoms with Gasteiger partial charge in [0.2, 0.25) is 0 Å². The quantitative estimate of drug-likeness (QED) is 0.813. The van der Waals surface area contributed by atoms with E-state index >= 15 is 0 Å². The van der Waals surface area contributed by atoms with Crippen LogP contribution in [0.4, 0.5) is 0 Å². The molecule has 1 aliphatic heterocycles. The number of rotatable bonds is 3. The van der Waals surface area contributed by atoms with Gasteiger partial charge in [0.05, 0.1) is 18.4 Å². The summed E-state index contributed by atoms with van der Waals surface area (Å²) in [6.45, 7) is 9.13. The lowest BCUT2D eigenvalue weighted by molar-refractivity contribution is 0.0281. The third kappa shape index (κ3) is 2.62. The monoisotopic (exact) mass is 223 g/mol. The average molecular weight is 223 g/mol. The Balaban J connectivity index is 2.01. The SMILES string of the molecule is Cc1[nH]c(CC2CNCCO2)nc1C(C)C. The Morgan fingerprint density at radius 2 is 2.31 bits per heavy atom. The Morgan fingerprint density at radius 1 is 1.50 bits per heavy atom. The van der Waals surface area contributed by atoms with Crippen molar-refractivity contribution in [3.63, 3.8) is 0 Å². The number of aromatic nitrogens is 2. The van der Waals surface area contributed by atoms with Crippen LogP contribution in [0.5, 0.6) is 0 Å². The molecule has 4 heteroatoms. The number of aryl methyl sites for hydroxylation is 1. The minimum absolute atomic E-state index is 0.263. The van der Waals surface area contributed by atoms with Crippen LogP contribution in [0.15, 0.2) is 0 Å². The molecule has 0 spiro atoms. The summed E-state index contributed by atoms with van der Waals surface area (Å²) in [6, 6.07) is 0. The molecule has 1 aromatic rings. The molecule has 90 valence electrons. The second kappa shape index (κ2) is 4.97. The molecule has 0 bridgehead atoms. The normalized spacial score (nSPS) is 21.6. The predicted molar refractivity (Wildman–Crippen MR) is 63.7 cm³/mol. The number of imidazole rings is 1. The molecule has 1 unspecified atom stereocenters. The van der Waals surface area contributed by atoms with Gasteiger partial charge in [0.25, 0.3) is 0 Å². The zero-order valence-electron chi connectivity index (χ0n) is 10.3. The zero-order valence-corrected chi connectivity index (χ0v) is 10.3. The van der Waals surface area contributed by atoms with Gasteiger partial charge >= 0.3 is 0 Å². The summed E-state index contributed by atoms with van der Waals surface area (Å²) in [5, 5.41) is 3.33. The molecule has 2 rings (SSSR count). The second-order valence-corrected chi connectivity index (χ2v) is 4.75. The van der Waals surface area contributed by atoms with Crippen molar-refractivity contribution in [1.29, 1.82) is 0 Å². The Hall–Kier alpha value is -0.870. The molecule has 0 radical (unpaired) electrons.